The first-order chi connectivity index (χ1) is 8.26. The van der Waals surface area contributed by atoms with E-state index in [0.717, 1.165) is 25.9 Å². The summed E-state index contributed by atoms with van der Waals surface area (Å²) in [5.74, 6) is 1.21. The molecule has 3 atom stereocenters. The summed E-state index contributed by atoms with van der Waals surface area (Å²) in [7, 11) is 0. The van der Waals surface area contributed by atoms with E-state index in [9.17, 15) is 5.11 Å². The Morgan fingerprint density at radius 1 is 1.47 bits per heavy atom. The number of aromatic nitrogens is 2. The molecule has 2 heterocycles. The van der Waals surface area contributed by atoms with Gasteiger partial charge in [0.25, 0.3) is 0 Å². The lowest BCUT2D eigenvalue weighted by molar-refractivity contribution is 0.0952. The van der Waals surface area contributed by atoms with E-state index in [1.54, 1.807) is 0 Å². The summed E-state index contributed by atoms with van der Waals surface area (Å²) in [5, 5.41) is 13.6. The molecule has 1 aliphatic rings. The summed E-state index contributed by atoms with van der Waals surface area (Å²) in [6.45, 7) is 4.85. The third-order valence-corrected chi connectivity index (χ3v) is 3.25. The molecule has 1 fully saturated rings. The van der Waals surface area contributed by atoms with E-state index in [-0.39, 0.29) is 12.0 Å². The summed E-state index contributed by atoms with van der Waals surface area (Å²) in [4.78, 5) is 4.30. The Hall–Kier alpha value is -0.940. The quantitative estimate of drug-likeness (QED) is 0.854. The highest BCUT2D eigenvalue weighted by atomic mass is 16.5. The Bertz CT molecular complexity index is 353. The van der Waals surface area contributed by atoms with Crippen LogP contribution in [0.4, 0.5) is 0 Å². The first-order valence-corrected chi connectivity index (χ1v) is 6.39. The van der Waals surface area contributed by atoms with Crippen LogP contribution in [0.15, 0.2) is 4.52 Å². The smallest absolute Gasteiger partial charge is 0.232 e. The van der Waals surface area contributed by atoms with Crippen molar-refractivity contribution in [3.63, 3.8) is 0 Å². The predicted molar refractivity (Wildman–Crippen MR) is 61.6 cm³/mol. The van der Waals surface area contributed by atoms with Crippen LogP contribution < -0.4 is 0 Å². The predicted octanol–water partition coefficient (Wildman–Crippen LogP) is 2.19. The second-order valence-electron chi connectivity index (χ2n) is 4.51. The topological polar surface area (TPSA) is 68.4 Å². The van der Waals surface area contributed by atoms with Crippen molar-refractivity contribution in [1.82, 2.24) is 10.1 Å². The highest BCUT2D eigenvalue weighted by molar-refractivity contribution is 5.01. The third kappa shape index (κ3) is 2.66. The molecule has 1 aliphatic heterocycles. The standard InChI is InChI=1S/C12H20N2O3/c1-3-5-9(15)11-13-12(17-14-11)8-6-7-16-10(8)4-2/h8-10,15H,3-7H2,1-2H3. The van der Waals surface area contributed by atoms with Gasteiger partial charge < -0.3 is 14.4 Å². The zero-order valence-corrected chi connectivity index (χ0v) is 10.4. The zero-order valence-electron chi connectivity index (χ0n) is 10.4. The molecule has 1 saturated heterocycles. The molecule has 0 spiro atoms. The maximum atomic E-state index is 9.78. The lowest BCUT2D eigenvalue weighted by Gasteiger charge is -2.11. The van der Waals surface area contributed by atoms with Crippen LogP contribution in [0.5, 0.6) is 0 Å². The lowest BCUT2D eigenvalue weighted by atomic mass is 10.00. The van der Waals surface area contributed by atoms with Gasteiger partial charge in [-0.25, -0.2) is 0 Å². The van der Waals surface area contributed by atoms with Gasteiger partial charge in [-0.2, -0.15) is 4.98 Å². The maximum absolute atomic E-state index is 9.78. The normalized spacial score (nSPS) is 26.3. The van der Waals surface area contributed by atoms with Crippen LogP contribution in [0, 0.1) is 0 Å². The Balaban J connectivity index is 2.07. The van der Waals surface area contributed by atoms with Crippen molar-refractivity contribution in [3.8, 4) is 0 Å². The third-order valence-electron chi connectivity index (χ3n) is 3.25. The second kappa shape index (κ2) is 5.60. The molecule has 0 bridgehead atoms. The van der Waals surface area contributed by atoms with Crippen LogP contribution in [0.25, 0.3) is 0 Å². The molecule has 96 valence electrons. The minimum Gasteiger partial charge on any atom is -0.385 e. The lowest BCUT2D eigenvalue weighted by Crippen LogP contribution is -2.13. The van der Waals surface area contributed by atoms with E-state index in [2.05, 4.69) is 17.1 Å². The highest BCUT2D eigenvalue weighted by Gasteiger charge is 2.33. The molecule has 0 saturated carbocycles. The van der Waals surface area contributed by atoms with Crippen LogP contribution in [0.3, 0.4) is 0 Å². The molecule has 0 aliphatic carbocycles. The van der Waals surface area contributed by atoms with Crippen molar-refractivity contribution in [1.29, 1.82) is 0 Å². The van der Waals surface area contributed by atoms with Crippen molar-refractivity contribution >= 4 is 0 Å². The number of rotatable bonds is 5. The Morgan fingerprint density at radius 2 is 2.29 bits per heavy atom. The molecule has 2 rings (SSSR count). The van der Waals surface area contributed by atoms with Crippen molar-refractivity contribution in [2.24, 2.45) is 0 Å². The summed E-state index contributed by atoms with van der Waals surface area (Å²) in [6, 6.07) is 0. The molecule has 5 nitrogen and oxygen atoms in total. The molecule has 0 amide bonds. The molecule has 0 aromatic carbocycles. The van der Waals surface area contributed by atoms with Gasteiger partial charge >= 0.3 is 0 Å². The molecule has 1 aromatic rings. The number of ether oxygens (including phenoxy) is 1. The van der Waals surface area contributed by atoms with Gasteiger partial charge in [0.05, 0.1) is 12.0 Å². The van der Waals surface area contributed by atoms with Crippen molar-refractivity contribution < 1.29 is 14.4 Å². The van der Waals surface area contributed by atoms with E-state index < -0.39 is 6.10 Å². The molecule has 1 aromatic heterocycles. The number of hydrogen-bond acceptors (Lipinski definition) is 5. The van der Waals surface area contributed by atoms with Crippen LogP contribution in [0.2, 0.25) is 0 Å². The van der Waals surface area contributed by atoms with Crippen molar-refractivity contribution in [2.75, 3.05) is 6.61 Å². The average molecular weight is 240 g/mol. The highest BCUT2D eigenvalue weighted by Crippen LogP contribution is 2.32. The molecular weight excluding hydrogens is 220 g/mol. The van der Waals surface area contributed by atoms with Crippen LogP contribution in [0.1, 0.15) is 63.3 Å². The zero-order chi connectivity index (χ0) is 12.3. The van der Waals surface area contributed by atoms with E-state index >= 15 is 0 Å². The van der Waals surface area contributed by atoms with Crippen molar-refractivity contribution in [3.05, 3.63) is 11.7 Å². The number of nitrogens with zero attached hydrogens (tertiary/aromatic N) is 2. The largest absolute Gasteiger partial charge is 0.385 e. The van der Waals surface area contributed by atoms with Crippen LogP contribution in [-0.4, -0.2) is 28.0 Å². The van der Waals surface area contributed by atoms with Gasteiger partial charge in [-0.3, -0.25) is 0 Å². The van der Waals surface area contributed by atoms with Gasteiger partial charge in [0.1, 0.15) is 6.10 Å². The number of hydrogen-bond donors (Lipinski definition) is 1. The van der Waals surface area contributed by atoms with Gasteiger partial charge in [-0.1, -0.05) is 25.4 Å². The minimum absolute atomic E-state index is 0.173. The SMILES string of the molecule is CCCC(O)c1noc(C2CCOC2CC)n1. The number of aliphatic hydroxyl groups excluding tert-OH is 1. The van der Waals surface area contributed by atoms with Gasteiger partial charge in [0.2, 0.25) is 5.89 Å². The maximum Gasteiger partial charge on any atom is 0.232 e. The van der Waals surface area contributed by atoms with Crippen LogP contribution in [-0.2, 0) is 4.74 Å². The molecule has 17 heavy (non-hydrogen) atoms. The van der Waals surface area contributed by atoms with E-state index in [1.807, 2.05) is 6.92 Å². The number of aliphatic hydroxyl groups is 1. The molecule has 3 unspecified atom stereocenters. The summed E-state index contributed by atoms with van der Waals surface area (Å²) < 4.78 is 10.8. The van der Waals surface area contributed by atoms with E-state index in [0.29, 0.717) is 18.1 Å². The monoisotopic (exact) mass is 240 g/mol. The van der Waals surface area contributed by atoms with E-state index in [4.69, 9.17) is 9.26 Å². The Kier molecular flexibility index (Phi) is 4.12. The first-order valence-electron chi connectivity index (χ1n) is 6.39. The fourth-order valence-corrected chi connectivity index (χ4v) is 2.27. The average Bonchev–Trinajstić information content (AvgIpc) is 2.97. The summed E-state index contributed by atoms with van der Waals surface area (Å²) in [6.07, 6.45) is 2.99. The van der Waals surface area contributed by atoms with Gasteiger partial charge in [-0.05, 0) is 19.3 Å². The second-order valence-corrected chi connectivity index (χ2v) is 4.51. The molecule has 0 radical (unpaired) electrons. The fourth-order valence-electron chi connectivity index (χ4n) is 2.27. The molecule has 1 N–H and O–H groups in total. The van der Waals surface area contributed by atoms with Gasteiger partial charge in [0.15, 0.2) is 5.82 Å². The minimum atomic E-state index is -0.611. The summed E-state index contributed by atoms with van der Waals surface area (Å²) in [5.41, 5.74) is 0. The molecule has 5 heteroatoms. The van der Waals surface area contributed by atoms with Crippen molar-refractivity contribution in [2.45, 2.75) is 57.7 Å². The summed E-state index contributed by atoms with van der Waals surface area (Å²) >= 11 is 0. The Morgan fingerprint density at radius 3 is 3.00 bits per heavy atom. The van der Waals surface area contributed by atoms with Gasteiger partial charge in [-0.15, -0.1) is 0 Å². The van der Waals surface area contributed by atoms with Crippen LogP contribution >= 0.6 is 0 Å². The van der Waals surface area contributed by atoms with Gasteiger partial charge in [0, 0.05) is 6.61 Å². The Labute approximate surface area is 101 Å². The molecular formula is C12H20N2O3. The first kappa shape index (κ1) is 12.5. The fraction of sp³-hybridized carbons (Fsp3) is 0.833. The van der Waals surface area contributed by atoms with E-state index in [1.165, 1.54) is 0 Å².